The summed E-state index contributed by atoms with van der Waals surface area (Å²) in [6, 6.07) is 2.01. The molecule has 0 aliphatic carbocycles. The third-order valence-corrected chi connectivity index (χ3v) is 4.07. The molecule has 0 amide bonds. The topological polar surface area (TPSA) is 41.1 Å². The van der Waals surface area contributed by atoms with E-state index in [0.717, 1.165) is 61.4 Å². The van der Waals surface area contributed by atoms with Crippen molar-refractivity contribution in [3.63, 3.8) is 0 Å². The van der Waals surface area contributed by atoms with E-state index in [4.69, 9.17) is 0 Å². The summed E-state index contributed by atoms with van der Waals surface area (Å²) in [7, 11) is 0. The van der Waals surface area contributed by atoms with Gasteiger partial charge in [0, 0.05) is 30.6 Å². The van der Waals surface area contributed by atoms with Gasteiger partial charge >= 0.3 is 0 Å². The molecule has 1 N–H and O–H groups in total. The Morgan fingerprint density at radius 1 is 1.20 bits per heavy atom. The second kappa shape index (κ2) is 10.00. The molecule has 0 aromatic carbocycles. The van der Waals surface area contributed by atoms with E-state index >= 15 is 0 Å². The summed E-state index contributed by atoms with van der Waals surface area (Å²) in [5.74, 6) is 3.92. The Morgan fingerprint density at radius 2 is 1.95 bits per heavy atom. The number of nitrogens with one attached hydrogen (secondary N) is 1. The molecule has 0 aliphatic rings. The molecular weight excluding hydrogens is 268 g/mol. The molecule has 114 valence electrons. The molecule has 1 aromatic rings. The van der Waals surface area contributed by atoms with E-state index in [1.807, 2.05) is 24.8 Å². The number of anilines is 1. The molecule has 0 radical (unpaired) electrons. The third-order valence-electron chi connectivity index (χ3n) is 3.13. The van der Waals surface area contributed by atoms with Gasteiger partial charge in [0.15, 0.2) is 0 Å². The Hall–Kier alpha value is -0.810. The van der Waals surface area contributed by atoms with Crippen LogP contribution in [-0.2, 0) is 5.75 Å². The first-order valence-corrected chi connectivity index (χ1v) is 8.73. The first-order valence-electron chi connectivity index (χ1n) is 7.58. The van der Waals surface area contributed by atoms with Crippen molar-refractivity contribution >= 4 is 17.6 Å². The predicted molar refractivity (Wildman–Crippen MR) is 89.5 cm³/mol. The molecule has 0 bridgehead atoms. The fourth-order valence-corrected chi connectivity index (χ4v) is 2.78. The predicted octanol–water partition coefficient (Wildman–Crippen LogP) is 3.18. The minimum Gasteiger partial charge on any atom is -0.370 e. The summed E-state index contributed by atoms with van der Waals surface area (Å²) < 4.78 is 0. The minimum atomic E-state index is 0.893. The van der Waals surface area contributed by atoms with Crippen LogP contribution < -0.4 is 5.32 Å². The maximum absolute atomic E-state index is 4.57. The van der Waals surface area contributed by atoms with Gasteiger partial charge in [-0.15, -0.1) is 0 Å². The summed E-state index contributed by atoms with van der Waals surface area (Å²) in [4.78, 5) is 11.5. The van der Waals surface area contributed by atoms with Crippen LogP contribution in [-0.4, -0.2) is 46.8 Å². The average molecular weight is 296 g/mol. The van der Waals surface area contributed by atoms with Crippen LogP contribution >= 0.6 is 11.8 Å². The highest BCUT2D eigenvalue weighted by Crippen LogP contribution is 2.12. The van der Waals surface area contributed by atoms with Crippen LogP contribution in [0, 0.1) is 6.92 Å². The van der Waals surface area contributed by atoms with E-state index in [0.29, 0.717) is 0 Å². The Labute approximate surface area is 127 Å². The van der Waals surface area contributed by atoms with Crippen molar-refractivity contribution in [3.05, 3.63) is 17.6 Å². The van der Waals surface area contributed by atoms with Gasteiger partial charge in [-0.05, 0) is 26.4 Å². The SMILES string of the molecule is CCCNc1cc(C)nc(CSCCN(CC)CC)n1. The Morgan fingerprint density at radius 3 is 2.60 bits per heavy atom. The minimum absolute atomic E-state index is 0.893. The van der Waals surface area contributed by atoms with Gasteiger partial charge in [-0.1, -0.05) is 20.8 Å². The van der Waals surface area contributed by atoms with Crippen LogP contribution in [0.5, 0.6) is 0 Å². The second-order valence-electron chi connectivity index (χ2n) is 4.82. The number of aryl methyl sites for hydroxylation is 1. The van der Waals surface area contributed by atoms with Gasteiger partial charge in [-0.3, -0.25) is 0 Å². The molecule has 0 aliphatic heterocycles. The molecule has 20 heavy (non-hydrogen) atoms. The number of hydrogen-bond acceptors (Lipinski definition) is 5. The van der Waals surface area contributed by atoms with Crippen LogP contribution in [0.25, 0.3) is 0 Å². The lowest BCUT2D eigenvalue weighted by Crippen LogP contribution is -2.25. The molecule has 0 spiro atoms. The maximum atomic E-state index is 4.57. The molecule has 5 heteroatoms. The Balaban J connectivity index is 2.41. The molecule has 0 saturated carbocycles. The van der Waals surface area contributed by atoms with E-state index in [9.17, 15) is 0 Å². The van der Waals surface area contributed by atoms with Crippen molar-refractivity contribution in [2.75, 3.05) is 37.2 Å². The average Bonchev–Trinajstić information content (AvgIpc) is 2.45. The monoisotopic (exact) mass is 296 g/mol. The summed E-state index contributed by atoms with van der Waals surface area (Å²) in [6.45, 7) is 13.0. The van der Waals surface area contributed by atoms with Gasteiger partial charge in [0.2, 0.25) is 0 Å². The van der Waals surface area contributed by atoms with E-state index in [1.165, 1.54) is 0 Å². The van der Waals surface area contributed by atoms with Gasteiger partial charge in [0.25, 0.3) is 0 Å². The molecule has 4 nitrogen and oxygen atoms in total. The van der Waals surface area contributed by atoms with Crippen LogP contribution in [0.2, 0.25) is 0 Å². The van der Waals surface area contributed by atoms with Gasteiger partial charge in [0.1, 0.15) is 11.6 Å². The summed E-state index contributed by atoms with van der Waals surface area (Å²) in [5, 5.41) is 3.33. The van der Waals surface area contributed by atoms with E-state index in [1.54, 1.807) is 0 Å². The lowest BCUT2D eigenvalue weighted by atomic mass is 10.4. The lowest BCUT2D eigenvalue weighted by molar-refractivity contribution is 0.324. The fourth-order valence-electron chi connectivity index (χ4n) is 1.94. The summed E-state index contributed by atoms with van der Waals surface area (Å²) >= 11 is 1.91. The molecule has 1 rings (SSSR count). The van der Waals surface area contributed by atoms with Crippen LogP contribution in [0.4, 0.5) is 5.82 Å². The van der Waals surface area contributed by atoms with Crippen LogP contribution in [0.15, 0.2) is 6.07 Å². The van der Waals surface area contributed by atoms with E-state index in [-0.39, 0.29) is 0 Å². The number of rotatable bonds is 10. The van der Waals surface area contributed by atoms with Crippen LogP contribution in [0.1, 0.15) is 38.7 Å². The zero-order valence-corrected chi connectivity index (χ0v) is 14.1. The van der Waals surface area contributed by atoms with Gasteiger partial charge < -0.3 is 10.2 Å². The zero-order chi connectivity index (χ0) is 14.8. The van der Waals surface area contributed by atoms with Crippen molar-refractivity contribution < 1.29 is 0 Å². The molecule has 0 unspecified atom stereocenters. The Kier molecular flexibility index (Phi) is 8.62. The van der Waals surface area contributed by atoms with E-state index in [2.05, 4.69) is 41.0 Å². The van der Waals surface area contributed by atoms with Crippen molar-refractivity contribution in [1.29, 1.82) is 0 Å². The standard InChI is InChI=1S/C15H28N4S/c1-5-8-16-14-11-13(4)17-15(18-14)12-20-10-9-19(6-2)7-3/h11H,5-10,12H2,1-4H3,(H,16,17,18). The zero-order valence-electron chi connectivity index (χ0n) is 13.3. The maximum Gasteiger partial charge on any atom is 0.140 e. The number of hydrogen-bond donors (Lipinski definition) is 1. The van der Waals surface area contributed by atoms with Gasteiger partial charge in [0.05, 0.1) is 5.75 Å². The largest absolute Gasteiger partial charge is 0.370 e. The molecule has 0 atom stereocenters. The summed E-state index contributed by atoms with van der Waals surface area (Å²) in [5.41, 5.74) is 1.04. The highest BCUT2D eigenvalue weighted by molar-refractivity contribution is 7.98. The Bertz CT molecular complexity index is 380. The lowest BCUT2D eigenvalue weighted by Gasteiger charge is -2.17. The molecule has 1 aromatic heterocycles. The van der Waals surface area contributed by atoms with Gasteiger partial charge in [-0.25, -0.2) is 9.97 Å². The molecule has 0 saturated heterocycles. The van der Waals surface area contributed by atoms with Crippen molar-refractivity contribution in [2.24, 2.45) is 0 Å². The normalized spacial score (nSPS) is 11.1. The number of nitrogens with zero attached hydrogens (tertiary/aromatic N) is 3. The van der Waals surface area contributed by atoms with E-state index < -0.39 is 0 Å². The third kappa shape index (κ3) is 6.57. The fraction of sp³-hybridized carbons (Fsp3) is 0.733. The first-order chi connectivity index (χ1) is 9.69. The van der Waals surface area contributed by atoms with Crippen molar-refractivity contribution in [2.45, 2.75) is 39.9 Å². The molecule has 0 fully saturated rings. The second-order valence-corrected chi connectivity index (χ2v) is 5.92. The van der Waals surface area contributed by atoms with Gasteiger partial charge in [-0.2, -0.15) is 11.8 Å². The first kappa shape index (κ1) is 17.2. The van der Waals surface area contributed by atoms with Crippen molar-refractivity contribution in [1.82, 2.24) is 14.9 Å². The smallest absolute Gasteiger partial charge is 0.140 e. The quantitative estimate of drug-likeness (QED) is 0.672. The highest BCUT2D eigenvalue weighted by atomic mass is 32.2. The highest BCUT2D eigenvalue weighted by Gasteiger charge is 2.03. The van der Waals surface area contributed by atoms with Crippen molar-refractivity contribution in [3.8, 4) is 0 Å². The van der Waals surface area contributed by atoms with Crippen LogP contribution in [0.3, 0.4) is 0 Å². The number of thioether (sulfide) groups is 1. The molecular formula is C15H28N4S. The molecule has 1 heterocycles. The number of aromatic nitrogens is 2. The summed E-state index contributed by atoms with van der Waals surface area (Å²) in [6.07, 6.45) is 1.11.